The third-order valence-corrected chi connectivity index (χ3v) is 5.22. The maximum atomic E-state index is 5.76. The summed E-state index contributed by atoms with van der Waals surface area (Å²) >= 11 is 0. The fraction of sp³-hybridized carbons (Fsp3) is 0.929. The van der Waals surface area contributed by atoms with Gasteiger partial charge in [-0.1, -0.05) is 18.0 Å². The second-order valence-corrected chi connectivity index (χ2v) is 6.18. The summed E-state index contributed by atoms with van der Waals surface area (Å²) in [5.74, 6) is 1.97. The molecule has 1 spiro atoms. The van der Waals surface area contributed by atoms with Gasteiger partial charge in [-0.05, 0) is 25.2 Å². The van der Waals surface area contributed by atoms with Crippen LogP contribution >= 0.6 is 0 Å². The lowest BCUT2D eigenvalue weighted by Gasteiger charge is -2.35. The first kappa shape index (κ1) is 11.2. The van der Waals surface area contributed by atoms with Gasteiger partial charge < -0.3 is 14.3 Å². The van der Waals surface area contributed by atoms with Crippen LogP contribution in [0.1, 0.15) is 38.5 Å². The van der Waals surface area contributed by atoms with Crippen LogP contribution in [0, 0.1) is 17.8 Å². The molecule has 2 saturated carbocycles. The molecule has 18 heavy (non-hydrogen) atoms. The van der Waals surface area contributed by atoms with Gasteiger partial charge in [-0.15, -0.1) is 0 Å². The molecule has 1 saturated heterocycles. The molecular formula is C14H21NO3. The molecule has 4 unspecified atom stereocenters. The quantitative estimate of drug-likeness (QED) is 0.756. The maximum Gasteiger partial charge on any atom is 0.160 e. The molecular weight excluding hydrogens is 230 g/mol. The Hall–Kier alpha value is -0.610. The topological polar surface area (TPSA) is 40.0 Å². The molecule has 100 valence electrons. The van der Waals surface area contributed by atoms with Gasteiger partial charge in [0.15, 0.2) is 6.29 Å². The van der Waals surface area contributed by atoms with Gasteiger partial charge in [-0.25, -0.2) is 0 Å². The van der Waals surface area contributed by atoms with Gasteiger partial charge in [0.05, 0.1) is 13.2 Å². The van der Waals surface area contributed by atoms with Crippen molar-refractivity contribution in [2.75, 3.05) is 13.2 Å². The van der Waals surface area contributed by atoms with E-state index < -0.39 is 0 Å². The monoisotopic (exact) mass is 251 g/mol. The molecule has 2 aliphatic carbocycles. The van der Waals surface area contributed by atoms with Gasteiger partial charge in [-0.2, -0.15) is 0 Å². The van der Waals surface area contributed by atoms with Gasteiger partial charge >= 0.3 is 0 Å². The standard InChI is InChI=1S/C14H21NO3/c1-2-4-11(13-16-7-8-17-13)10(3-1)12-9-14(12)5-6-15-18-14/h6,10-13H,1-5,7-9H2. The van der Waals surface area contributed by atoms with E-state index in [2.05, 4.69) is 5.16 Å². The first-order valence-corrected chi connectivity index (χ1v) is 7.32. The van der Waals surface area contributed by atoms with Crippen LogP contribution in [0.25, 0.3) is 0 Å². The Morgan fingerprint density at radius 3 is 2.56 bits per heavy atom. The van der Waals surface area contributed by atoms with E-state index in [4.69, 9.17) is 14.3 Å². The van der Waals surface area contributed by atoms with Gasteiger partial charge in [0, 0.05) is 24.5 Å². The summed E-state index contributed by atoms with van der Waals surface area (Å²) in [6, 6.07) is 0. The summed E-state index contributed by atoms with van der Waals surface area (Å²) < 4.78 is 11.5. The molecule has 0 radical (unpaired) electrons. The maximum absolute atomic E-state index is 5.76. The summed E-state index contributed by atoms with van der Waals surface area (Å²) in [7, 11) is 0. The van der Waals surface area contributed by atoms with E-state index in [1.807, 2.05) is 6.21 Å². The van der Waals surface area contributed by atoms with Crippen molar-refractivity contribution in [1.82, 2.24) is 0 Å². The highest BCUT2D eigenvalue weighted by atomic mass is 16.7. The number of nitrogens with zero attached hydrogens (tertiary/aromatic N) is 1. The zero-order valence-corrected chi connectivity index (χ0v) is 10.7. The molecule has 4 nitrogen and oxygen atoms in total. The molecule has 4 atom stereocenters. The minimum Gasteiger partial charge on any atom is -0.389 e. The molecule has 0 aromatic carbocycles. The van der Waals surface area contributed by atoms with E-state index in [0.29, 0.717) is 17.8 Å². The molecule has 2 heterocycles. The van der Waals surface area contributed by atoms with Crippen LogP contribution < -0.4 is 0 Å². The average molecular weight is 251 g/mol. The van der Waals surface area contributed by atoms with Crippen LogP contribution in [-0.2, 0) is 14.3 Å². The third kappa shape index (κ3) is 1.69. The van der Waals surface area contributed by atoms with Crippen LogP contribution in [0.4, 0.5) is 0 Å². The number of hydrogen-bond donors (Lipinski definition) is 0. The average Bonchev–Trinajstić information content (AvgIpc) is 2.81. The third-order valence-electron chi connectivity index (χ3n) is 5.22. The predicted octanol–water partition coefficient (Wildman–Crippen LogP) is 2.33. The molecule has 3 fully saturated rings. The SMILES string of the molecule is C1=NOC2(C1)CC2C1CCCCC1C1OCCO1. The Morgan fingerprint density at radius 2 is 1.83 bits per heavy atom. The number of oxime groups is 1. The van der Waals surface area contributed by atoms with Crippen molar-refractivity contribution in [3.8, 4) is 0 Å². The molecule has 0 N–H and O–H groups in total. The van der Waals surface area contributed by atoms with Crippen molar-refractivity contribution in [3.63, 3.8) is 0 Å². The minimum absolute atomic E-state index is 0.0512. The molecule has 0 amide bonds. The Kier molecular flexibility index (Phi) is 2.62. The Balaban J connectivity index is 1.48. The van der Waals surface area contributed by atoms with Crippen LogP contribution in [0.15, 0.2) is 5.16 Å². The van der Waals surface area contributed by atoms with Crippen molar-refractivity contribution in [2.45, 2.75) is 50.4 Å². The zero-order chi connectivity index (χ0) is 12.0. The zero-order valence-electron chi connectivity index (χ0n) is 10.7. The van der Waals surface area contributed by atoms with E-state index in [1.54, 1.807) is 0 Å². The van der Waals surface area contributed by atoms with Gasteiger partial charge in [-0.3, -0.25) is 0 Å². The largest absolute Gasteiger partial charge is 0.389 e. The van der Waals surface area contributed by atoms with Gasteiger partial charge in [0.1, 0.15) is 5.60 Å². The molecule has 4 rings (SSSR count). The van der Waals surface area contributed by atoms with Crippen molar-refractivity contribution in [2.24, 2.45) is 22.9 Å². The van der Waals surface area contributed by atoms with E-state index in [9.17, 15) is 0 Å². The first-order valence-electron chi connectivity index (χ1n) is 7.32. The molecule has 4 aliphatic rings. The van der Waals surface area contributed by atoms with Crippen molar-refractivity contribution in [1.29, 1.82) is 0 Å². The van der Waals surface area contributed by atoms with Gasteiger partial charge in [0.2, 0.25) is 0 Å². The lowest BCUT2D eigenvalue weighted by atomic mass is 9.75. The van der Waals surface area contributed by atoms with E-state index >= 15 is 0 Å². The fourth-order valence-electron chi connectivity index (χ4n) is 4.22. The van der Waals surface area contributed by atoms with Crippen LogP contribution in [0.2, 0.25) is 0 Å². The summed E-state index contributed by atoms with van der Waals surface area (Å²) in [6.45, 7) is 1.53. The molecule has 4 heteroatoms. The second-order valence-electron chi connectivity index (χ2n) is 6.18. The highest BCUT2D eigenvalue weighted by Gasteiger charge is 2.63. The Bertz CT molecular complexity index is 343. The van der Waals surface area contributed by atoms with Crippen molar-refractivity contribution >= 4 is 6.21 Å². The van der Waals surface area contributed by atoms with Crippen LogP contribution in [-0.4, -0.2) is 31.3 Å². The Morgan fingerprint density at radius 1 is 1.06 bits per heavy atom. The second kappa shape index (κ2) is 4.20. The normalized spacial score (nSPS) is 47.7. The smallest absolute Gasteiger partial charge is 0.160 e. The van der Waals surface area contributed by atoms with Crippen molar-refractivity contribution < 1.29 is 14.3 Å². The Labute approximate surface area is 108 Å². The number of hydrogen-bond acceptors (Lipinski definition) is 4. The highest BCUT2D eigenvalue weighted by Crippen LogP contribution is 2.59. The fourth-order valence-corrected chi connectivity index (χ4v) is 4.22. The lowest BCUT2D eigenvalue weighted by molar-refractivity contribution is -0.116. The highest BCUT2D eigenvalue weighted by molar-refractivity contribution is 5.61. The summed E-state index contributed by atoms with van der Waals surface area (Å²) in [5, 5.41) is 3.98. The molecule has 0 aromatic rings. The van der Waals surface area contributed by atoms with E-state index in [1.165, 1.54) is 32.1 Å². The van der Waals surface area contributed by atoms with Crippen molar-refractivity contribution in [3.05, 3.63) is 0 Å². The number of ether oxygens (including phenoxy) is 2. The first-order chi connectivity index (χ1) is 8.89. The molecule has 2 aliphatic heterocycles. The summed E-state index contributed by atoms with van der Waals surface area (Å²) in [4.78, 5) is 5.62. The van der Waals surface area contributed by atoms with Gasteiger partial charge in [0.25, 0.3) is 0 Å². The van der Waals surface area contributed by atoms with Crippen LogP contribution in [0.3, 0.4) is 0 Å². The predicted molar refractivity (Wildman–Crippen MR) is 66.2 cm³/mol. The summed E-state index contributed by atoms with van der Waals surface area (Å²) in [5.41, 5.74) is 0.0683. The lowest BCUT2D eigenvalue weighted by Crippen LogP contribution is -2.34. The summed E-state index contributed by atoms with van der Waals surface area (Å²) in [6.07, 6.45) is 9.40. The number of rotatable bonds is 2. The van der Waals surface area contributed by atoms with E-state index in [0.717, 1.165) is 19.6 Å². The minimum atomic E-state index is 0.0512. The van der Waals surface area contributed by atoms with Crippen LogP contribution in [0.5, 0.6) is 0 Å². The molecule has 0 aromatic heterocycles. The van der Waals surface area contributed by atoms with E-state index in [-0.39, 0.29) is 11.9 Å². The molecule has 0 bridgehead atoms.